The molecular weight excluding hydrogens is 358 g/mol. The molecule has 2 aromatic rings. The van der Waals surface area contributed by atoms with Crippen molar-refractivity contribution in [1.29, 1.82) is 0 Å². The Balaban J connectivity index is 1.75. The van der Waals surface area contributed by atoms with Gasteiger partial charge in [0.1, 0.15) is 5.75 Å². The van der Waals surface area contributed by atoms with Gasteiger partial charge in [0.15, 0.2) is 0 Å². The lowest BCUT2D eigenvalue weighted by Gasteiger charge is -2.52. The van der Waals surface area contributed by atoms with Crippen LogP contribution in [-0.2, 0) is 0 Å². The van der Waals surface area contributed by atoms with Crippen molar-refractivity contribution >= 4 is 17.5 Å². The molecule has 4 rings (SSSR count). The number of nitrogens with zero attached hydrogens (tertiary/aromatic N) is 1. The van der Waals surface area contributed by atoms with E-state index in [4.69, 9.17) is 16.3 Å². The van der Waals surface area contributed by atoms with E-state index >= 15 is 0 Å². The SMILES string of the molecule is COc1ccccc1C(=O)N1CC[C@]2(Cl)CCCC[C@@H]2[C@H]1c1ccccc1. The first-order chi connectivity index (χ1) is 13.1. The summed E-state index contributed by atoms with van der Waals surface area (Å²) >= 11 is 7.13. The van der Waals surface area contributed by atoms with Gasteiger partial charge in [-0.05, 0) is 37.0 Å². The summed E-state index contributed by atoms with van der Waals surface area (Å²) in [6.45, 7) is 0.677. The number of likely N-dealkylation sites (tertiary alicyclic amines) is 1. The Morgan fingerprint density at radius 2 is 1.81 bits per heavy atom. The van der Waals surface area contributed by atoms with Crippen LogP contribution in [0.1, 0.15) is 54.1 Å². The third-order valence-electron chi connectivity index (χ3n) is 6.25. The summed E-state index contributed by atoms with van der Waals surface area (Å²) in [5.74, 6) is 0.939. The zero-order valence-electron chi connectivity index (χ0n) is 15.7. The zero-order chi connectivity index (χ0) is 18.9. The number of methoxy groups -OCH3 is 1. The number of benzene rings is 2. The van der Waals surface area contributed by atoms with Crippen LogP contribution in [0.25, 0.3) is 0 Å². The van der Waals surface area contributed by atoms with Crippen molar-refractivity contribution in [3.8, 4) is 5.75 Å². The number of ether oxygens (including phenoxy) is 1. The van der Waals surface area contributed by atoms with Gasteiger partial charge in [-0.3, -0.25) is 4.79 Å². The smallest absolute Gasteiger partial charge is 0.258 e. The lowest BCUT2D eigenvalue weighted by atomic mass is 9.68. The number of fused-ring (bicyclic) bond motifs is 1. The van der Waals surface area contributed by atoms with Crippen molar-refractivity contribution in [2.75, 3.05) is 13.7 Å². The highest BCUT2D eigenvalue weighted by Gasteiger charge is 2.50. The lowest BCUT2D eigenvalue weighted by molar-refractivity contribution is 0.0277. The van der Waals surface area contributed by atoms with Gasteiger partial charge in [-0.1, -0.05) is 55.3 Å². The second-order valence-electron chi connectivity index (χ2n) is 7.69. The van der Waals surface area contributed by atoms with Crippen LogP contribution >= 0.6 is 11.6 Å². The second kappa shape index (κ2) is 7.55. The maximum Gasteiger partial charge on any atom is 0.258 e. The predicted molar refractivity (Wildman–Crippen MR) is 108 cm³/mol. The number of alkyl halides is 1. The van der Waals surface area contributed by atoms with Gasteiger partial charge in [0.05, 0.1) is 23.6 Å². The van der Waals surface area contributed by atoms with Gasteiger partial charge in [-0.2, -0.15) is 0 Å². The Bertz CT molecular complexity index is 809. The van der Waals surface area contributed by atoms with Crippen LogP contribution in [0.4, 0.5) is 0 Å². The first-order valence-electron chi connectivity index (χ1n) is 9.82. The first-order valence-corrected chi connectivity index (χ1v) is 10.2. The van der Waals surface area contributed by atoms with Crippen molar-refractivity contribution < 1.29 is 9.53 Å². The molecule has 0 spiro atoms. The van der Waals surface area contributed by atoms with Crippen molar-refractivity contribution in [1.82, 2.24) is 4.90 Å². The topological polar surface area (TPSA) is 29.5 Å². The van der Waals surface area contributed by atoms with Crippen molar-refractivity contribution in [2.45, 2.75) is 43.0 Å². The molecule has 1 aliphatic carbocycles. The van der Waals surface area contributed by atoms with E-state index in [0.29, 0.717) is 17.9 Å². The average molecular weight is 384 g/mol. The Morgan fingerprint density at radius 1 is 1.07 bits per heavy atom. The fourth-order valence-corrected chi connectivity index (χ4v) is 5.35. The van der Waals surface area contributed by atoms with Crippen LogP contribution in [0.15, 0.2) is 54.6 Å². The largest absolute Gasteiger partial charge is 0.496 e. The average Bonchev–Trinajstić information content (AvgIpc) is 2.72. The van der Waals surface area contributed by atoms with Crippen LogP contribution in [0, 0.1) is 5.92 Å². The van der Waals surface area contributed by atoms with Gasteiger partial charge in [-0.15, -0.1) is 11.6 Å². The minimum absolute atomic E-state index is 0.00941. The number of carbonyl (C=O) groups is 1. The minimum atomic E-state index is -0.198. The fraction of sp³-hybridized carbons (Fsp3) is 0.435. The summed E-state index contributed by atoms with van der Waals surface area (Å²) in [6.07, 6.45) is 5.32. The number of halogens is 1. The van der Waals surface area contributed by atoms with Gasteiger partial charge in [0.2, 0.25) is 0 Å². The molecule has 0 bridgehead atoms. The number of piperidine rings is 1. The summed E-state index contributed by atoms with van der Waals surface area (Å²) in [4.78, 5) is 15.4. The number of rotatable bonds is 3. The third-order valence-corrected chi connectivity index (χ3v) is 6.90. The van der Waals surface area contributed by atoms with Crippen LogP contribution in [0.3, 0.4) is 0 Å². The van der Waals surface area contributed by atoms with Crippen LogP contribution in [-0.4, -0.2) is 29.3 Å². The van der Waals surface area contributed by atoms with Crippen LogP contribution in [0.5, 0.6) is 5.75 Å². The molecule has 0 aromatic heterocycles. The Hall–Kier alpha value is -2.00. The highest BCUT2D eigenvalue weighted by Crippen LogP contribution is 2.53. The van der Waals surface area contributed by atoms with E-state index in [1.54, 1.807) is 7.11 Å². The molecule has 0 radical (unpaired) electrons. The van der Waals surface area contributed by atoms with Crippen molar-refractivity contribution in [3.05, 3.63) is 65.7 Å². The molecule has 1 saturated heterocycles. The van der Waals surface area contributed by atoms with Gasteiger partial charge >= 0.3 is 0 Å². The van der Waals surface area contributed by atoms with E-state index in [2.05, 4.69) is 24.3 Å². The van der Waals surface area contributed by atoms with Crippen LogP contribution < -0.4 is 4.74 Å². The quantitative estimate of drug-likeness (QED) is 0.659. The van der Waals surface area contributed by atoms with Crippen molar-refractivity contribution in [3.63, 3.8) is 0 Å². The summed E-state index contributed by atoms with van der Waals surface area (Å²) in [5.41, 5.74) is 1.80. The lowest BCUT2D eigenvalue weighted by Crippen LogP contribution is -2.53. The summed E-state index contributed by atoms with van der Waals surface area (Å²) in [7, 11) is 1.61. The molecule has 1 heterocycles. The van der Waals surface area contributed by atoms with E-state index in [-0.39, 0.29) is 22.7 Å². The third kappa shape index (κ3) is 3.34. The van der Waals surface area contributed by atoms with Gasteiger partial charge in [0.25, 0.3) is 5.91 Å². The molecule has 142 valence electrons. The number of para-hydroxylation sites is 1. The fourth-order valence-electron chi connectivity index (χ4n) is 4.91. The number of hydrogen-bond donors (Lipinski definition) is 0. The normalized spacial score (nSPS) is 27.7. The van der Waals surface area contributed by atoms with Gasteiger partial charge < -0.3 is 9.64 Å². The summed E-state index contributed by atoms with van der Waals surface area (Å²) in [5, 5.41) is 0. The molecule has 2 aliphatic rings. The minimum Gasteiger partial charge on any atom is -0.496 e. The molecule has 1 aliphatic heterocycles. The molecule has 3 nitrogen and oxygen atoms in total. The summed E-state index contributed by atoms with van der Waals surface area (Å²) in [6, 6.07) is 17.9. The Kier molecular flexibility index (Phi) is 5.14. The van der Waals surface area contributed by atoms with Crippen LogP contribution in [0.2, 0.25) is 0 Å². The maximum absolute atomic E-state index is 13.5. The Labute approximate surface area is 166 Å². The molecule has 1 amide bonds. The van der Waals surface area contributed by atoms with Crippen molar-refractivity contribution in [2.24, 2.45) is 5.92 Å². The second-order valence-corrected chi connectivity index (χ2v) is 8.44. The molecule has 1 saturated carbocycles. The highest BCUT2D eigenvalue weighted by atomic mass is 35.5. The molecule has 0 unspecified atom stereocenters. The number of amides is 1. The number of carbonyl (C=O) groups excluding carboxylic acids is 1. The standard InChI is InChI=1S/C23H26ClNO2/c1-27-20-13-6-5-11-18(20)22(26)25-16-15-23(24)14-8-7-12-19(23)21(25)17-9-3-2-4-10-17/h2-6,9-11,13,19,21H,7-8,12,14-16H2,1H3/t19-,21-,23-/m1/s1. The zero-order valence-corrected chi connectivity index (χ0v) is 16.5. The summed E-state index contributed by atoms with van der Waals surface area (Å²) < 4.78 is 5.45. The maximum atomic E-state index is 13.5. The van der Waals surface area contributed by atoms with Gasteiger partial charge in [-0.25, -0.2) is 0 Å². The number of hydrogen-bond acceptors (Lipinski definition) is 2. The molecule has 0 N–H and O–H groups in total. The molecule has 4 heteroatoms. The van der Waals surface area contributed by atoms with E-state index in [0.717, 1.165) is 19.3 Å². The molecule has 2 fully saturated rings. The van der Waals surface area contributed by atoms with E-state index in [9.17, 15) is 4.79 Å². The van der Waals surface area contributed by atoms with Gasteiger partial charge in [0, 0.05) is 12.5 Å². The van der Waals surface area contributed by atoms with E-state index < -0.39 is 0 Å². The first kappa shape index (κ1) is 18.4. The monoisotopic (exact) mass is 383 g/mol. The molecule has 2 aromatic carbocycles. The Morgan fingerprint density at radius 3 is 2.59 bits per heavy atom. The highest BCUT2D eigenvalue weighted by molar-refractivity contribution is 6.24. The van der Waals surface area contributed by atoms with E-state index in [1.807, 2.05) is 35.2 Å². The molecule has 27 heavy (non-hydrogen) atoms. The molecular formula is C23H26ClNO2. The molecule has 3 atom stereocenters. The predicted octanol–water partition coefficient (Wildman–Crippen LogP) is 5.45. The van der Waals surface area contributed by atoms with E-state index in [1.165, 1.54) is 18.4 Å².